The van der Waals surface area contributed by atoms with Gasteiger partial charge in [0.1, 0.15) is 0 Å². The van der Waals surface area contributed by atoms with E-state index < -0.39 is 5.97 Å². The Hall–Kier alpha value is -2.76. The van der Waals surface area contributed by atoms with Crippen LogP contribution >= 0.6 is 0 Å². The Morgan fingerprint density at radius 2 is 1.61 bits per heavy atom. The zero-order valence-electron chi connectivity index (χ0n) is 19.8. The number of ether oxygens (including phenoxy) is 2. The normalized spacial score (nSPS) is 10.3. The number of hydrogen-bond acceptors (Lipinski definition) is 4. The van der Waals surface area contributed by atoms with Gasteiger partial charge in [-0.3, -0.25) is 9.59 Å². The first-order chi connectivity index (χ1) is 14.8. The summed E-state index contributed by atoms with van der Waals surface area (Å²) in [5.74, 6) is 0.505. The van der Waals surface area contributed by atoms with Crippen molar-refractivity contribution < 1.29 is 24.2 Å². The van der Waals surface area contributed by atoms with Gasteiger partial charge in [0, 0.05) is 24.7 Å². The van der Waals surface area contributed by atoms with Crippen LogP contribution in [-0.4, -0.2) is 35.6 Å². The van der Waals surface area contributed by atoms with Crippen molar-refractivity contribution in [1.29, 1.82) is 0 Å². The van der Waals surface area contributed by atoms with E-state index in [0.717, 1.165) is 36.2 Å². The summed E-state index contributed by atoms with van der Waals surface area (Å²) in [7, 11) is 5.07. The lowest BCUT2D eigenvalue weighted by Gasteiger charge is -2.10. The van der Waals surface area contributed by atoms with Crippen LogP contribution in [0.2, 0.25) is 0 Å². The van der Waals surface area contributed by atoms with Gasteiger partial charge in [-0.1, -0.05) is 39.5 Å². The lowest BCUT2D eigenvalue weighted by atomic mass is 10.1. The molecular formula is C25H37NO5. The second-order valence-electron chi connectivity index (χ2n) is 7.54. The van der Waals surface area contributed by atoms with Crippen molar-refractivity contribution in [3.63, 3.8) is 0 Å². The molecule has 0 amide bonds. The Labute approximate surface area is 186 Å². The van der Waals surface area contributed by atoms with Gasteiger partial charge in [0.25, 0.3) is 0 Å². The first-order valence-electron chi connectivity index (χ1n) is 10.9. The van der Waals surface area contributed by atoms with E-state index in [-0.39, 0.29) is 5.78 Å². The highest BCUT2D eigenvalue weighted by Gasteiger charge is 2.19. The monoisotopic (exact) mass is 431 g/mol. The highest BCUT2D eigenvalue weighted by atomic mass is 16.5. The second kappa shape index (κ2) is 13.5. The van der Waals surface area contributed by atoms with Gasteiger partial charge in [-0.25, -0.2) is 0 Å². The minimum absolute atomic E-state index is 0.00402. The summed E-state index contributed by atoms with van der Waals surface area (Å²) in [5, 5.41) is 8.27. The van der Waals surface area contributed by atoms with Gasteiger partial charge in [0.2, 0.25) is 5.78 Å². The molecular weight excluding hydrogens is 394 g/mol. The maximum atomic E-state index is 12.8. The number of carboxylic acids is 1. The third-order valence-corrected chi connectivity index (χ3v) is 5.24. The largest absolute Gasteiger partial charge is 0.493 e. The molecule has 172 valence electrons. The summed E-state index contributed by atoms with van der Waals surface area (Å²) >= 11 is 0. The van der Waals surface area contributed by atoms with Crippen LogP contribution in [0, 0.1) is 6.92 Å². The topological polar surface area (TPSA) is 77.8 Å². The summed E-state index contributed by atoms with van der Waals surface area (Å²) in [5.41, 5.74) is 3.46. The molecule has 2 rings (SSSR count). The lowest BCUT2D eigenvalue weighted by Crippen LogP contribution is -2.10. The molecule has 1 N–H and O–H groups in total. The number of aromatic nitrogens is 1. The Morgan fingerprint density at radius 1 is 0.968 bits per heavy atom. The van der Waals surface area contributed by atoms with E-state index >= 15 is 0 Å². The van der Waals surface area contributed by atoms with Gasteiger partial charge in [0.05, 0.1) is 19.9 Å². The van der Waals surface area contributed by atoms with E-state index in [9.17, 15) is 9.59 Å². The molecule has 0 saturated carbocycles. The predicted octanol–water partition coefficient (Wildman–Crippen LogP) is 5.58. The molecule has 1 aromatic carbocycles. The Bertz CT molecular complexity index is 854. The molecule has 6 nitrogen and oxygen atoms in total. The van der Waals surface area contributed by atoms with E-state index in [1.54, 1.807) is 32.4 Å². The van der Waals surface area contributed by atoms with Crippen LogP contribution in [0.5, 0.6) is 11.5 Å². The van der Waals surface area contributed by atoms with Crippen molar-refractivity contribution in [3.05, 3.63) is 46.8 Å². The number of hydrogen-bond donors (Lipinski definition) is 1. The first kappa shape index (κ1) is 26.3. The molecule has 0 unspecified atom stereocenters. The number of rotatable bonds is 11. The van der Waals surface area contributed by atoms with Crippen molar-refractivity contribution in [2.24, 2.45) is 7.05 Å². The number of aliphatic carboxylic acids is 1. The molecule has 0 aliphatic heterocycles. The minimum atomic E-state index is -0.670. The summed E-state index contributed by atoms with van der Waals surface area (Å²) in [4.78, 5) is 22.8. The maximum Gasteiger partial charge on any atom is 0.303 e. The first-order valence-corrected chi connectivity index (χ1v) is 10.9. The van der Waals surface area contributed by atoms with Gasteiger partial charge in [-0.2, -0.15) is 0 Å². The van der Waals surface area contributed by atoms with Gasteiger partial charge in [-0.15, -0.1) is 0 Å². The Kier molecular flexibility index (Phi) is 11.5. The van der Waals surface area contributed by atoms with Crippen LogP contribution in [0.1, 0.15) is 79.7 Å². The van der Waals surface area contributed by atoms with Crippen LogP contribution in [0.4, 0.5) is 0 Å². The molecule has 0 radical (unpaired) electrons. The highest BCUT2D eigenvalue weighted by molar-refractivity contribution is 6.09. The number of nitrogens with zero attached hydrogens (tertiary/aromatic N) is 1. The molecule has 0 saturated heterocycles. The number of carbonyl (C=O) groups is 2. The van der Waals surface area contributed by atoms with Crippen LogP contribution < -0.4 is 9.47 Å². The van der Waals surface area contributed by atoms with Gasteiger partial charge >= 0.3 is 5.97 Å². The molecule has 0 bridgehead atoms. The average Bonchev–Trinajstić information content (AvgIpc) is 3.05. The summed E-state index contributed by atoms with van der Waals surface area (Å²) in [6, 6.07) is 7.31. The van der Waals surface area contributed by atoms with Crippen molar-refractivity contribution >= 4 is 11.8 Å². The molecule has 6 heteroatoms. The van der Waals surface area contributed by atoms with E-state index in [0.29, 0.717) is 23.5 Å². The fraction of sp³-hybridized carbons (Fsp3) is 0.520. The molecule has 0 aliphatic carbocycles. The number of aryl methyl sites for hydroxylation is 2. The fourth-order valence-corrected chi connectivity index (χ4v) is 3.49. The molecule has 0 spiro atoms. The SMILES string of the molecule is CCCCCCCC(=O)O.CCc1cc(C)c(C(=O)c2ccc(OC)c(OC)c2)n1C. The highest BCUT2D eigenvalue weighted by Crippen LogP contribution is 2.29. The molecule has 2 aromatic rings. The smallest absolute Gasteiger partial charge is 0.303 e. The summed E-state index contributed by atoms with van der Waals surface area (Å²) < 4.78 is 12.4. The standard InChI is InChI=1S/C17H21NO3.C8H16O2/c1-6-13-9-11(2)16(18(13)3)17(19)12-7-8-14(20-4)15(10-12)21-5;1-2-3-4-5-6-7-8(9)10/h7-10H,6H2,1-5H3;2-7H2,1H3,(H,9,10). The third kappa shape index (κ3) is 7.78. The van der Waals surface area contributed by atoms with Gasteiger partial charge < -0.3 is 19.1 Å². The molecule has 31 heavy (non-hydrogen) atoms. The van der Waals surface area contributed by atoms with Crippen LogP contribution in [-0.2, 0) is 18.3 Å². The fourth-order valence-electron chi connectivity index (χ4n) is 3.49. The van der Waals surface area contributed by atoms with Gasteiger partial charge in [0.15, 0.2) is 11.5 Å². The number of unbranched alkanes of at least 4 members (excludes halogenated alkanes) is 4. The summed E-state index contributed by atoms with van der Waals surface area (Å²) in [6.45, 7) is 6.20. The third-order valence-electron chi connectivity index (χ3n) is 5.24. The van der Waals surface area contributed by atoms with Crippen LogP contribution in [0.25, 0.3) is 0 Å². The zero-order valence-corrected chi connectivity index (χ0v) is 19.8. The zero-order chi connectivity index (χ0) is 23.4. The average molecular weight is 432 g/mol. The number of benzene rings is 1. The minimum Gasteiger partial charge on any atom is -0.493 e. The Morgan fingerprint density at radius 3 is 2.13 bits per heavy atom. The van der Waals surface area contributed by atoms with E-state index in [4.69, 9.17) is 14.6 Å². The van der Waals surface area contributed by atoms with Crippen LogP contribution in [0.3, 0.4) is 0 Å². The lowest BCUT2D eigenvalue weighted by molar-refractivity contribution is -0.137. The molecule has 0 aliphatic rings. The van der Waals surface area contributed by atoms with E-state index in [2.05, 4.69) is 19.9 Å². The van der Waals surface area contributed by atoms with Crippen molar-refractivity contribution in [2.45, 2.75) is 65.7 Å². The number of carboxylic acid groups (broad SMARTS) is 1. The number of ketones is 1. The number of carbonyl (C=O) groups excluding carboxylic acids is 1. The van der Waals surface area contributed by atoms with Gasteiger partial charge in [-0.05, 0) is 49.6 Å². The van der Waals surface area contributed by atoms with Crippen molar-refractivity contribution in [2.75, 3.05) is 14.2 Å². The molecule has 1 heterocycles. The second-order valence-corrected chi connectivity index (χ2v) is 7.54. The van der Waals surface area contributed by atoms with Crippen molar-refractivity contribution in [3.8, 4) is 11.5 Å². The van der Waals surface area contributed by atoms with E-state index in [1.807, 2.05) is 18.5 Å². The molecule has 0 fully saturated rings. The summed E-state index contributed by atoms with van der Waals surface area (Å²) in [6.07, 6.45) is 6.78. The quantitative estimate of drug-likeness (QED) is 0.371. The molecule has 1 aromatic heterocycles. The maximum absolute atomic E-state index is 12.8. The molecule has 0 atom stereocenters. The van der Waals surface area contributed by atoms with E-state index in [1.165, 1.54) is 19.3 Å². The Balaban J connectivity index is 0.000000407. The predicted molar refractivity (Wildman–Crippen MR) is 124 cm³/mol. The van der Waals surface area contributed by atoms with Crippen molar-refractivity contribution in [1.82, 2.24) is 4.57 Å². The van der Waals surface area contributed by atoms with Crippen LogP contribution in [0.15, 0.2) is 24.3 Å². The number of methoxy groups -OCH3 is 2.